The minimum atomic E-state index is -0.692. The lowest BCUT2D eigenvalue weighted by molar-refractivity contribution is 0.0481. The molecule has 0 unspecified atom stereocenters. The molecule has 1 aromatic carbocycles. The van der Waals surface area contributed by atoms with Gasteiger partial charge in [0.25, 0.3) is 0 Å². The van der Waals surface area contributed by atoms with Gasteiger partial charge in [0, 0.05) is 18.7 Å². The third-order valence-electron chi connectivity index (χ3n) is 1.76. The van der Waals surface area contributed by atoms with Crippen molar-refractivity contribution in [1.29, 1.82) is 0 Å². The van der Waals surface area contributed by atoms with Crippen molar-refractivity contribution >= 4 is 0 Å². The Labute approximate surface area is 82.1 Å². The van der Waals surface area contributed by atoms with Crippen LogP contribution in [0.25, 0.3) is 0 Å². The molecule has 1 rings (SSSR count). The fraction of sp³-hybridized carbons (Fsp3) is 0.400. The second-order valence-electron chi connectivity index (χ2n) is 2.91. The number of halogens is 1. The number of aliphatic hydroxyl groups excluding tert-OH is 1. The molecule has 1 N–H and O–H groups in total. The van der Waals surface area contributed by atoms with Gasteiger partial charge in [-0.3, -0.25) is 0 Å². The standard InChI is InChI=1S/C10H13FO3/c1-7(12)9-4-3-8(11)5-10(9)14-6-13-2/h3-5,7,12H,6H2,1-2H3/t7-/m1/s1. The van der Waals surface area contributed by atoms with E-state index in [1.807, 2.05) is 0 Å². The Morgan fingerprint density at radius 2 is 2.21 bits per heavy atom. The molecule has 0 amide bonds. The third-order valence-corrected chi connectivity index (χ3v) is 1.76. The molecule has 0 bridgehead atoms. The first kappa shape index (κ1) is 10.9. The van der Waals surface area contributed by atoms with Gasteiger partial charge in [0.15, 0.2) is 6.79 Å². The lowest BCUT2D eigenvalue weighted by Crippen LogP contribution is -2.03. The summed E-state index contributed by atoms with van der Waals surface area (Å²) >= 11 is 0. The summed E-state index contributed by atoms with van der Waals surface area (Å²) in [5, 5.41) is 9.35. The summed E-state index contributed by atoms with van der Waals surface area (Å²) < 4.78 is 22.6. The zero-order valence-electron chi connectivity index (χ0n) is 8.16. The van der Waals surface area contributed by atoms with Crippen molar-refractivity contribution < 1.29 is 19.0 Å². The number of aliphatic hydroxyl groups is 1. The van der Waals surface area contributed by atoms with Crippen LogP contribution < -0.4 is 4.74 Å². The first-order valence-corrected chi connectivity index (χ1v) is 4.24. The highest BCUT2D eigenvalue weighted by Crippen LogP contribution is 2.25. The van der Waals surface area contributed by atoms with Gasteiger partial charge in [-0.1, -0.05) is 0 Å². The van der Waals surface area contributed by atoms with Crippen LogP contribution >= 0.6 is 0 Å². The molecule has 0 fully saturated rings. The minimum absolute atomic E-state index is 0.0309. The van der Waals surface area contributed by atoms with E-state index in [0.29, 0.717) is 11.3 Å². The molecule has 78 valence electrons. The molecule has 0 aliphatic heterocycles. The average Bonchev–Trinajstić information content (AvgIpc) is 2.14. The van der Waals surface area contributed by atoms with Crippen LogP contribution in [0.5, 0.6) is 5.75 Å². The van der Waals surface area contributed by atoms with Crippen molar-refractivity contribution in [1.82, 2.24) is 0 Å². The first-order valence-electron chi connectivity index (χ1n) is 4.24. The highest BCUT2D eigenvalue weighted by molar-refractivity contribution is 5.35. The van der Waals surface area contributed by atoms with Gasteiger partial charge in [0.05, 0.1) is 6.10 Å². The molecular weight excluding hydrogens is 187 g/mol. The van der Waals surface area contributed by atoms with Gasteiger partial charge in [0.2, 0.25) is 0 Å². The maximum Gasteiger partial charge on any atom is 0.188 e. The number of ether oxygens (including phenoxy) is 2. The summed E-state index contributed by atoms with van der Waals surface area (Å²) in [4.78, 5) is 0. The van der Waals surface area contributed by atoms with Crippen LogP contribution in [0.3, 0.4) is 0 Å². The SMILES string of the molecule is COCOc1cc(F)ccc1[C@@H](C)O. The van der Waals surface area contributed by atoms with Crippen LogP contribution in [0, 0.1) is 5.82 Å². The molecule has 0 heterocycles. The van der Waals surface area contributed by atoms with Gasteiger partial charge in [-0.2, -0.15) is 0 Å². The molecule has 14 heavy (non-hydrogen) atoms. The maximum atomic E-state index is 12.8. The molecule has 0 aromatic heterocycles. The topological polar surface area (TPSA) is 38.7 Å². The molecule has 0 saturated heterocycles. The van der Waals surface area contributed by atoms with E-state index in [1.54, 1.807) is 6.92 Å². The molecule has 3 nitrogen and oxygen atoms in total. The van der Waals surface area contributed by atoms with E-state index in [0.717, 1.165) is 0 Å². The van der Waals surface area contributed by atoms with E-state index in [-0.39, 0.29) is 6.79 Å². The second kappa shape index (κ2) is 4.93. The number of methoxy groups -OCH3 is 1. The van der Waals surface area contributed by atoms with Crippen molar-refractivity contribution in [2.75, 3.05) is 13.9 Å². The van der Waals surface area contributed by atoms with Gasteiger partial charge >= 0.3 is 0 Å². The van der Waals surface area contributed by atoms with Crippen molar-refractivity contribution in [3.63, 3.8) is 0 Å². The van der Waals surface area contributed by atoms with Gasteiger partial charge in [-0.05, 0) is 19.1 Å². The Hall–Kier alpha value is -1.13. The Balaban J connectivity index is 2.91. The van der Waals surface area contributed by atoms with E-state index >= 15 is 0 Å². The Kier molecular flexibility index (Phi) is 3.85. The summed E-state index contributed by atoms with van der Waals surface area (Å²) in [5.74, 6) is -0.0950. The van der Waals surface area contributed by atoms with Crippen molar-refractivity contribution in [3.05, 3.63) is 29.6 Å². The Morgan fingerprint density at radius 1 is 1.50 bits per heavy atom. The molecular formula is C10H13FO3. The molecule has 0 radical (unpaired) electrons. The predicted molar refractivity (Wildman–Crippen MR) is 49.5 cm³/mol. The first-order chi connectivity index (χ1) is 6.65. The monoisotopic (exact) mass is 200 g/mol. The summed E-state index contributed by atoms with van der Waals surface area (Å²) in [5.41, 5.74) is 0.545. The second-order valence-corrected chi connectivity index (χ2v) is 2.91. The zero-order chi connectivity index (χ0) is 10.6. The quantitative estimate of drug-likeness (QED) is 0.754. The molecule has 1 atom stereocenters. The highest BCUT2D eigenvalue weighted by atomic mass is 19.1. The Bertz CT molecular complexity index is 299. The summed E-state index contributed by atoms with van der Waals surface area (Å²) in [6, 6.07) is 3.99. The number of hydrogen-bond donors (Lipinski definition) is 1. The van der Waals surface area contributed by atoms with Crippen molar-refractivity contribution in [2.24, 2.45) is 0 Å². The number of hydrogen-bond acceptors (Lipinski definition) is 3. The third kappa shape index (κ3) is 2.68. The fourth-order valence-corrected chi connectivity index (χ4v) is 1.10. The average molecular weight is 200 g/mol. The van der Waals surface area contributed by atoms with Crippen LogP contribution in [0.4, 0.5) is 4.39 Å². The summed E-state index contributed by atoms with van der Waals surface area (Å²) in [6.07, 6.45) is -0.692. The van der Waals surface area contributed by atoms with E-state index in [2.05, 4.69) is 0 Å². The minimum Gasteiger partial charge on any atom is -0.467 e. The van der Waals surface area contributed by atoms with Crippen LogP contribution in [0.1, 0.15) is 18.6 Å². The van der Waals surface area contributed by atoms with Gasteiger partial charge < -0.3 is 14.6 Å². The van der Waals surface area contributed by atoms with Crippen LogP contribution in [-0.4, -0.2) is 19.0 Å². The maximum absolute atomic E-state index is 12.8. The van der Waals surface area contributed by atoms with E-state index in [9.17, 15) is 9.50 Å². The summed E-state index contributed by atoms with van der Waals surface area (Å²) in [7, 11) is 1.47. The largest absolute Gasteiger partial charge is 0.467 e. The Morgan fingerprint density at radius 3 is 2.79 bits per heavy atom. The molecule has 0 spiro atoms. The van der Waals surface area contributed by atoms with Crippen LogP contribution in [0.15, 0.2) is 18.2 Å². The smallest absolute Gasteiger partial charge is 0.188 e. The number of benzene rings is 1. The molecule has 4 heteroatoms. The number of rotatable bonds is 4. The normalized spacial score (nSPS) is 12.6. The van der Waals surface area contributed by atoms with E-state index < -0.39 is 11.9 Å². The molecule has 0 aliphatic carbocycles. The highest BCUT2D eigenvalue weighted by Gasteiger charge is 2.09. The zero-order valence-corrected chi connectivity index (χ0v) is 8.16. The lowest BCUT2D eigenvalue weighted by Gasteiger charge is -2.12. The molecule has 1 aromatic rings. The molecule has 0 saturated carbocycles. The van der Waals surface area contributed by atoms with Gasteiger partial charge in [-0.25, -0.2) is 4.39 Å². The van der Waals surface area contributed by atoms with Gasteiger partial charge in [-0.15, -0.1) is 0 Å². The van der Waals surface area contributed by atoms with E-state index in [1.165, 1.54) is 25.3 Å². The summed E-state index contributed by atoms with van der Waals surface area (Å²) in [6.45, 7) is 1.62. The van der Waals surface area contributed by atoms with Crippen molar-refractivity contribution in [3.8, 4) is 5.75 Å². The van der Waals surface area contributed by atoms with Gasteiger partial charge in [0.1, 0.15) is 11.6 Å². The molecule has 0 aliphatic rings. The van der Waals surface area contributed by atoms with E-state index in [4.69, 9.17) is 9.47 Å². The lowest BCUT2D eigenvalue weighted by atomic mass is 10.1. The van der Waals surface area contributed by atoms with Crippen LogP contribution in [-0.2, 0) is 4.74 Å². The van der Waals surface area contributed by atoms with Crippen molar-refractivity contribution in [2.45, 2.75) is 13.0 Å². The van der Waals surface area contributed by atoms with Crippen LogP contribution in [0.2, 0.25) is 0 Å². The fourth-order valence-electron chi connectivity index (χ4n) is 1.10. The predicted octanol–water partition coefficient (Wildman–Crippen LogP) is 1.86.